The second kappa shape index (κ2) is 21.9. The van der Waals surface area contributed by atoms with Crippen molar-refractivity contribution in [1.82, 2.24) is 0 Å². The molecule has 2 nitrogen and oxygen atoms in total. The van der Waals surface area contributed by atoms with Crippen molar-refractivity contribution in [1.29, 1.82) is 0 Å². The Morgan fingerprint density at radius 3 is 1.08 bits per heavy atom. The van der Waals surface area contributed by atoms with Crippen LogP contribution >= 0.6 is 0 Å². The molecule has 0 amide bonds. The molecule has 0 spiro atoms. The minimum Gasteiger partial charge on any atom is -0.382 e. The van der Waals surface area contributed by atoms with Gasteiger partial charge in [-0.25, -0.2) is 0 Å². The summed E-state index contributed by atoms with van der Waals surface area (Å²) in [6.45, 7) is 17.1. The van der Waals surface area contributed by atoms with Gasteiger partial charge in [0.15, 0.2) is 0 Å². The van der Waals surface area contributed by atoms with E-state index in [1.54, 1.807) is 0 Å². The Morgan fingerprint density at radius 2 is 0.763 bits per heavy atom. The van der Waals surface area contributed by atoms with E-state index in [9.17, 15) is 0 Å². The zero-order chi connectivity index (χ0) is 28.0. The number of ether oxygens (including phenoxy) is 2. The van der Waals surface area contributed by atoms with Crippen LogP contribution in [0.1, 0.15) is 168 Å². The molecular formula is C36H66O2. The fraction of sp³-hybridized carbons (Fsp3) is 0.833. The van der Waals surface area contributed by atoms with Gasteiger partial charge in [-0.05, 0) is 61.5 Å². The lowest BCUT2D eigenvalue weighted by atomic mass is 9.72. The van der Waals surface area contributed by atoms with E-state index in [4.69, 9.17) is 9.47 Å². The van der Waals surface area contributed by atoms with Crippen LogP contribution in [-0.2, 0) is 20.3 Å². The Kier molecular flexibility index (Phi) is 20.3. The molecule has 1 rings (SSSR count). The number of hydrogen-bond acceptors (Lipinski definition) is 2. The zero-order valence-electron chi connectivity index (χ0n) is 26.7. The molecule has 0 N–H and O–H groups in total. The molecule has 0 aliphatic heterocycles. The molecule has 222 valence electrons. The van der Waals surface area contributed by atoms with Gasteiger partial charge in [0.2, 0.25) is 0 Å². The summed E-state index contributed by atoms with van der Waals surface area (Å²) in [5.41, 5.74) is 3.37. The lowest BCUT2D eigenvalue weighted by Gasteiger charge is -2.33. The summed E-state index contributed by atoms with van der Waals surface area (Å²) in [7, 11) is 0. The van der Waals surface area contributed by atoms with Crippen molar-refractivity contribution < 1.29 is 9.47 Å². The van der Waals surface area contributed by atoms with Gasteiger partial charge >= 0.3 is 0 Å². The second-order valence-electron chi connectivity index (χ2n) is 12.3. The van der Waals surface area contributed by atoms with E-state index in [0.717, 1.165) is 39.3 Å². The van der Waals surface area contributed by atoms with Crippen LogP contribution in [0.5, 0.6) is 0 Å². The van der Waals surface area contributed by atoms with Crippen molar-refractivity contribution in [3.8, 4) is 0 Å². The first-order valence-electron chi connectivity index (χ1n) is 16.7. The van der Waals surface area contributed by atoms with Crippen molar-refractivity contribution in [2.75, 3.05) is 26.4 Å². The summed E-state index contributed by atoms with van der Waals surface area (Å²) in [5.74, 6) is 0. The molecule has 38 heavy (non-hydrogen) atoms. The highest BCUT2D eigenvalue weighted by Gasteiger charge is 2.29. The molecule has 2 heteroatoms. The molecule has 0 aliphatic rings. The van der Waals surface area contributed by atoms with Crippen LogP contribution in [0.25, 0.3) is 0 Å². The summed E-state index contributed by atoms with van der Waals surface area (Å²) >= 11 is 0. The van der Waals surface area contributed by atoms with Gasteiger partial charge in [0.05, 0.1) is 0 Å². The predicted molar refractivity (Wildman–Crippen MR) is 169 cm³/mol. The molecule has 2 atom stereocenters. The highest BCUT2D eigenvalue weighted by Crippen LogP contribution is 2.38. The van der Waals surface area contributed by atoms with E-state index in [0.29, 0.717) is 0 Å². The van der Waals surface area contributed by atoms with Crippen LogP contribution < -0.4 is 0 Å². The summed E-state index contributed by atoms with van der Waals surface area (Å²) < 4.78 is 11.7. The largest absolute Gasteiger partial charge is 0.382 e. The van der Waals surface area contributed by atoms with E-state index in [1.165, 1.54) is 114 Å². The van der Waals surface area contributed by atoms with E-state index < -0.39 is 0 Å². The average molecular weight is 531 g/mol. The Hall–Kier alpha value is -0.860. The molecule has 0 aliphatic carbocycles. The third-order valence-electron chi connectivity index (χ3n) is 8.95. The molecular weight excluding hydrogens is 464 g/mol. The summed E-state index contributed by atoms with van der Waals surface area (Å²) in [5, 5.41) is 0. The SMILES string of the molecule is CCCCCCCCCC(C)(CCOCC)c1ccc(C(C)(CCCCCCCCC)CCOCC)cc1. The van der Waals surface area contributed by atoms with Gasteiger partial charge in [0.1, 0.15) is 0 Å². The number of rotatable bonds is 26. The first-order valence-corrected chi connectivity index (χ1v) is 16.7. The van der Waals surface area contributed by atoms with Crippen LogP contribution in [-0.4, -0.2) is 26.4 Å². The maximum absolute atomic E-state index is 5.83. The summed E-state index contributed by atoms with van der Waals surface area (Å²) in [4.78, 5) is 0. The van der Waals surface area contributed by atoms with Crippen LogP contribution in [0.3, 0.4) is 0 Å². The first-order chi connectivity index (χ1) is 18.5. The molecule has 2 unspecified atom stereocenters. The van der Waals surface area contributed by atoms with Crippen molar-refractivity contribution >= 4 is 0 Å². The zero-order valence-corrected chi connectivity index (χ0v) is 26.7. The van der Waals surface area contributed by atoms with Crippen molar-refractivity contribution in [2.24, 2.45) is 0 Å². The van der Waals surface area contributed by atoms with Crippen LogP contribution in [0, 0.1) is 0 Å². The Balaban J connectivity index is 2.84. The van der Waals surface area contributed by atoms with Crippen LogP contribution in [0.4, 0.5) is 0 Å². The second-order valence-corrected chi connectivity index (χ2v) is 12.3. The summed E-state index contributed by atoms with van der Waals surface area (Å²) in [6.07, 6.45) is 23.9. The molecule has 0 bridgehead atoms. The first kappa shape index (κ1) is 35.2. The lowest BCUT2D eigenvalue weighted by molar-refractivity contribution is 0.124. The standard InChI is InChI=1S/C36H66O2/c1-7-11-13-15-17-19-21-27-35(5,29-31-37-9-3)33-23-25-34(26-24-33)36(6,30-32-38-10-4)28-22-20-18-16-14-12-8-2/h23-26H,7-22,27-32H2,1-6H3. The van der Waals surface area contributed by atoms with Gasteiger partial charge in [0.25, 0.3) is 0 Å². The topological polar surface area (TPSA) is 18.5 Å². The van der Waals surface area contributed by atoms with Crippen LogP contribution in [0.15, 0.2) is 24.3 Å². The van der Waals surface area contributed by atoms with Gasteiger partial charge in [0, 0.05) is 26.4 Å². The van der Waals surface area contributed by atoms with Gasteiger partial charge < -0.3 is 9.47 Å². The monoisotopic (exact) mass is 531 g/mol. The quantitative estimate of drug-likeness (QED) is 0.111. The normalized spacial score (nSPS) is 14.9. The number of unbranched alkanes of at least 4 members (excludes halogenated alkanes) is 12. The van der Waals surface area contributed by atoms with Crippen molar-refractivity contribution in [2.45, 2.75) is 168 Å². The maximum atomic E-state index is 5.83. The molecule has 0 fully saturated rings. The Morgan fingerprint density at radius 1 is 0.447 bits per heavy atom. The Labute approximate surface area is 239 Å². The highest BCUT2D eigenvalue weighted by molar-refractivity contribution is 5.33. The fourth-order valence-corrected chi connectivity index (χ4v) is 5.93. The van der Waals surface area contributed by atoms with E-state index >= 15 is 0 Å². The third-order valence-corrected chi connectivity index (χ3v) is 8.95. The molecule has 0 saturated carbocycles. The van der Waals surface area contributed by atoms with E-state index in [2.05, 4.69) is 65.8 Å². The molecule has 0 heterocycles. The molecule has 1 aromatic carbocycles. The van der Waals surface area contributed by atoms with Crippen LogP contribution in [0.2, 0.25) is 0 Å². The van der Waals surface area contributed by atoms with Gasteiger partial charge in [-0.3, -0.25) is 0 Å². The number of hydrogen-bond donors (Lipinski definition) is 0. The average Bonchev–Trinajstić information content (AvgIpc) is 2.92. The van der Waals surface area contributed by atoms with Crippen molar-refractivity contribution in [3.05, 3.63) is 35.4 Å². The molecule has 0 saturated heterocycles. The minimum absolute atomic E-state index is 0.192. The third kappa shape index (κ3) is 14.5. The Bertz CT molecular complexity index is 597. The molecule has 0 aromatic heterocycles. The highest BCUT2D eigenvalue weighted by atomic mass is 16.5. The smallest absolute Gasteiger partial charge is 0.0474 e. The van der Waals surface area contributed by atoms with Crippen molar-refractivity contribution in [3.63, 3.8) is 0 Å². The van der Waals surface area contributed by atoms with E-state index in [1.807, 2.05) is 0 Å². The van der Waals surface area contributed by atoms with Gasteiger partial charge in [-0.1, -0.05) is 142 Å². The molecule has 1 aromatic rings. The number of benzene rings is 1. The van der Waals surface area contributed by atoms with Gasteiger partial charge in [-0.15, -0.1) is 0 Å². The fourth-order valence-electron chi connectivity index (χ4n) is 5.93. The molecule has 0 radical (unpaired) electrons. The minimum atomic E-state index is 0.192. The predicted octanol–water partition coefficient (Wildman–Crippen LogP) is 11.3. The van der Waals surface area contributed by atoms with E-state index in [-0.39, 0.29) is 10.8 Å². The summed E-state index contributed by atoms with van der Waals surface area (Å²) in [6, 6.07) is 9.80. The van der Waals surface area contributed by atoms with Gasteiger partial charge in [-0.2, -0.15) is 0 Å². The maximum Gasteiger partial charge on any atom is 0.0474 e. The lowest BCUT2D eigenvalue weighted by Crippen LogP contribution is -2.26.